The molecule has 0 aliphatic carbocycles. The molecular formula is C9H19N3. The second kappa shape index (κ2) is 32.6. The highest BCUT2D eigenvalue weighted by molar-refractivity contribution is 4.61. The first-order valence-corrected chi connectivity index (χ1v) is 4.13. The SMILES string of the molecule is CC#N.CCC#N.CCNCC. The summed E-state index contributed by atoms with van der Waals surface area (Å²) in [5.41, 5.74) is 0. The largest absolute Gasteiger partial charge is 0.317 e. The number of nitrogens with zero attached hydrogens (tertiary/aromatic N) is 2. The average Bonchev–Trinajstić information content (AvgIpc) is 2.08. The molecule has 0 aliphatic rings. The van der Waals surface area contributed by atoms with Crippen LogP contribution in [0.25, 0.3) is 0 Å². The average molecular weight is 169 g/mol. The van der Waals surface area contributed by atoms with Crippen LogP contribution in [0.2, 0.25) is 0 Å². The molecule has 0 fully saturated rings. The zero-order chi connectivity index (χ0) is 10.2. The molecule has 0 amide bonds. The Hall–Kier alpha value is -1.06. The first-order valence-electron chi connectivity index (χ1n) is 4.13. The Bertz CT molecular complexity index is 117. The van der Waals surface area contributed by atoms with E-state index in [1.807, 2.05) is 13.0 Å². The van der Waals surface area contributed by atoms with Crippen LogP contribution >= 0.6 is 0 Å². The summed E-state index contributed by atoms with van der Waals surface area (Å²) < 4.78 is 0. The van der Waals surface area contributed by atoms with Crippen LogP contribution in [-0.4, -0.2) is 13.1 Å². The minimum absolute atomic E-state index is 0.625. The van der Waals surface area contributed by atoms with Crippen LogP contribution in [0.3, 0.4) is 0 Å². The number of hydrogen-bond acceptors (Lipinski definition) is 3. The minimum atomic E-state index is 0.625. The number of hydrogen-bond donors (Lipinski definition) is 1. The quantitative estimate of drug-likeness (QED) is 0.688. The first-order chi connectivity index (χ1) is 5.74. The Labute approximate surface area is 76.0 Å². The van der Waals surface area contributed by atoms with Crippen molar-refractivity contribution in [1.82, 2.24) is 5.32 Å². The van der Waals surface area contributed by atoms with Crippen LogP contribution in [0.1, 0.15) is 34.1 Å². The van der Waals surface area contributed by atoms with Crippen LogP contribution in [-0.2, 0) is 0 Å². The van der Waals surface area contributed by atoms with Gasteiger partial charge in [0, 0.05) is 13.3 Å². The van der Waals surface area contributed by atoms with Crippen molar-refractivity contribution in [2.45, 2.75) is 34.1 Å². The van der Waals surface area contributed by atoms with Crippen molar-refractivity contribution in [3.63, 3.8) is 0 Å². The third-order valence-corrected chi connectivity index (χ3v) is 0.658. The third-order valence-electron chi connectivity index (χ3n) is 0.658. The monoisotopic (exact) mass is 169 g/mol. The van der Waals surface area contributed by atoms with Gasteiger partial charge >= 0.3 is 0 Å². The molecule has 0 rings (SSSR count). The summed E-state index contributed by atoms with van der Waals surface area (Å²) in [6.07, 6.45) is 0.625. The maximum absolute atomic E-state index is 7.62. The van der Waals surface area contributed by atoms with Gasteiger partial charge in [-0.2, -0.15) is 10.5 Å². The molecule has 12 heavy (non-hydrogen) atoms. The van der Waals surface area contributed by atoms with Gasteiger partial charge in [-0.05, 0) is 13.1 Å². The van der Waals surface area contributed by atoms with Crippen LogP contribution in [0.15, 0.2) is 0 Å². The summed E-state index contributed by atoms with van der Waals surface area (Å²) in [6, 6.07) is 3.68. The second-order valence-corrected chi connectivity index (χ2v) is 1.69. The van der Waals surface area contributed by atoms with Gasteiger partial charge in [-0.3, -0.25) is 0 Å². The molecule has 0 unspecified atom stereocenters. The lowest BCUT2D eigenvalue weighted by Gasteiger charge is -1.86. The third kappa shape index (κ3) is 150. The molecule has 70 valence electrons. The maximum Gasteiger partial charge on any atom is 0.0618 e. The molecule has 0 aromatic carbocycles. The zero-order valence-corrected chi connectivity index (χ0v) is 8.52. The topological polar surface area (TPSA) is 59.6 Å². The van der Waals surface area contributed by atoms with E-state index in [4.69, 9.17) is 10.5 Å². The standard InChI is InChI=1S/C4H11N.C3H5N.C2H3N/c1-3-5-4-2;1-2-3-4;1-2-3/h5H,3-4H2,1-2H3;2H2,1H3;1H3. The molecule has 0 saturated heterocycles. The normalized spacial score (nSPS) is 5.83. The van der Waals surface area contributed by atoms with Crippen LogP contribution < -0.4 is 5.32 Å². The van der Waals surface area contributed by atoms with E-state index in [1.54, 1.807) is 6.07 Å². The van der Waals surface area contributed by atoms with Crippen molar-refractivity contribution in [2.24, 2.45) is 0 Å². The van der Waals surface area contributed by atoms with Gasteiger partial charge in [0.2, 0.25) is 0 Å². The summed E-state index contributed by atoms with van der Waals surface area (Å²) in [4.78, 5) is 0. The smallest absolute Gasteiger partial charge is 0.0618 e. The fraction of sp³-hybridized carbons (Fsp3) is 0.778. The van der Waals surface area contributed by atoms with Crippen molar-refractivity contribution in [2.75, 3.05) is 13.1 Å². The molecule has 0 saturated carbocycles. The number of nitriles is 2. The van der Waals surface area contributed by atoms with Crippen LogP contribution in [0, 0.1) is 22.7 Å². The summed E-state index contributed by atoms with van der Waals surface area (Å²) >= 11 is 0. The predicted molar refractivity (Wildman–Crippen MR) is 51.4 cm³/mol. The van der Waals surface area contributed by atoms with E-state index >= 15 is 0 Å². The lowest BCUT2D eigenvalue weighted by atomic mass is 10.6. The highest BCUT2D eigenvalue weighted by atomic mass is 14.8. The molecule has 3 nitrogen and oxygen atoms in total. The Kier molecular flexibility index (Phi) is 46.5. The molecule has 0 atom stereocenters. The Morgan fingerprint density at radius 3 is 1.33 bits per heavy atom. The van der Waals surface area contributed by atoms with Crippen molar-refractivity contribution >= 4 is 0 Å². The molecule has 0 aromatic heterocycles. The van der Waals surface area contributed by atoms with Crippen molar-refractivity contribution in [3.8, 4) is 12.1 Å². The Morgan fingerprint density at radius 1 is 1.08 bits per heavy atom. The summed E-state index contributed by atoms with van der Waals surface area (Å²) in [6.45, 7) is 9.64. The Balaban J connectivity index is -0.000000105. The van der Waals surface area contributed by atoms with E-state index in [1.165, 1.54) is 6.92 Å². The van der Waals surface area contributed by atoms with Gasteiger partial charge in [0.15, 0.2) is 0 Å². The van der Waals surface area contributed by atoms with Gasteiger partial charge in [-0.15, -0.1) is 0 Å². The first kappa shape index (κ1) is 17.1. The predicted octanol–water partition coefficient (Wildman–Crippen LogP) is 2.07. The molecule has 3 heteroatoms. The second-order valence-electron chi connectivity index (χ2n) is 1.69. The van der Waals surface area contributed by atoms with E-state index in [-0.39, 0.29) is 0 Å². The van der Waals surface area contributed by atoms with Crippen LogP contribution in [0.5, 0.6) is 0 Å². The van der Waals surface area contributed by atoms with Gasteiger partial charge in [0.1, 0.15) is 0 Å². The van der Waals surface area contributed by atoms with Gasteiger partial charge in [-0.25, -0.2) is 0 Å². The van der Waals surface area contributed by atoms with Crippen molar-refractivity contribution < 1.29 is 0 Å². The van der Waals surface area contributed by atoms with E-state index in [0.717, 1.165) is 13.1 Å². The summed E-state index contributed by atoms with van der Waals surface area (Å²) in [5.74, 6) is 0. The number of rotatable bonds is 2. The molecule has 0 spiro atoms. The lowest BCUT2D eigenvalue weighted by Crippen LogP contribution is -2.09. The molecule has 0 aromatic rings. The number of nitrogens with one attached hydrogen (secondary N) is 1. The van der Waals surface area contributed by atoms with E-state index in [2.05, 4.69) is 19.2 Å². The molecule has 1 N–H and O–H groups in total. The van der Waals surface area contributed by atoms with Crippen molar-refractivity contribution in [3.05, 3.63) is 0 Å². The highest BCUT2D eigenvalue weighted by Gasteiger charge is 1.62. The summed E-state index contributed by atoms with van der Waals surface area (Å²) in [5, 5.41) is 18.1. The zero-order valence-electron chi connectivity index (χ0n) is 8.52. The fourth-order valence-electron chi connectivity index (χ4n) is 0.250. The Morgan fingerprint density at radius 2 is 1.33 bits per heavy atom. The van der Waals surface area contributed by atoms with Crippen molar-refractivity contribution in [1.29, 1.82) is 10.5 Å². The molecule has 0 aliphatic heterocycles. The molecule has 0 bridgehead atoms. The van der Waals surface area contributed by atoms with Gasteiger partial charge in [0.05, 0.1) is 12.1 Å². The maximum atomic E-state index is 7.62. The van der Waals surface area contributed by atoms with Gasteiger partial charge in [0.25, 0.3) is 0 Å². The lowest BCUT2D eigenvalue weighted by molar-refractivity contribution is 0.762. The minimum Gasteiger partial charge on any atom is -0.317 e. The molecular weight excluding hydrogens is 150 g/mol. The van der Waals surface area contributed by atoms with E-state index in [0.29, 0.717) is 6.42 Å². The molecule has 0 heterocycles. The van der Waals surface area contributed by atoms with Gasteiger partial charge in [-0.1, -0.05) is 20.8 Å². The summed E-state index contributed by atoms with van der Waals surface area (Å²) in [7, 11) is 0. The highest BCUT2D eigenvalue weighted by Crippen LogP contribution is 1.58. The molecule has 0 radical (unpaired) electrons. The fourth-order valence-corrected chi connectivity index (χ4v) is 0.250. The van der Waals surface area contributed by atoms with E-state index < -0.39 is 0 Å². The van der Waals surface area contributed by atoms with Crippen LogP contribution in [0.4, 0.5) is 0 Å². The van der Waals surface area contributed by atoms with Gasteiger partial charge < -0.3 is 5.32 Å². The van der Waals surface area contributed by atoms with E-state index in [9.17, 15) is 0 Å².